The maximum atomic E-state index is 12.5. The number of carbonyl (C=O) groups is 2. The number of ether oxygens (including phenoxy) is 2. The zero-order valence-electron chi connectivity index (χ0n) is 25.0. The summed E-state index contributed by atoms with van der Waals surface area (Å²) >= 11 is 6.06. The molecule has 3 aromatic carbocycles. The summed E-state index contributed by atoms with van der Waals surface area (Å²) in [6.45, 7) is 2.05. The lowest BCUT2D eigenvalue weighted by Gasteiger charge is -2.42. The van der Waals surface area contributed by atoms with E-state index in [0.29, 0.717) is 56.0 Å². The third-order valence-electron chi connectivity index (χ3n) is 8.52. The monoisotopic (exact) mass is 637 g/mol. The van der Waals surface area contributed by atoms with Gasteiger partial charge in [0.2, 0.25) is 11.8 Å². The van der Waals surface area contributed by atoms with Crippen LogP contribution < -0.4 is 10.8 Å². The van der Waals surface area contributed by atoms with E-state index < -0.39 is 17.8 Å². The number of aliphatic hydroxyl groups excluding tert-OH is 1. The lowest BCUT2D eigenvalue weighted by molar-refractivity contribution is -0.253. The van der Waals surface area contributed by atoms with E-state index in [1.807, 2.05) is 66.7 Å². The fourth-order valence-electron chi connectivity index (χ4n) is 5.93. The van der Waals surface area contributed by atoms with Gasteiger partial charge in [0.1, 0.15) is 0 Å². The van der Waals surface area contributed by atoms with Crippen LogP contribution in [0.4, 0.5) is 5.69 Å². The van der Waals surface area contributed by atoms with Crippen molar-refractivity contribution >= 4 is 29.1 Å². The molecule has 2 aliphatic heterocycles. The van der Waals surface area contributed by atoms with Gasteiger partial charge in [0, 0.05) is 55.2 Å². The second-order valence-corrected chi connectivity index (χ2v) is 12.2. The summed E-state index contributed by atoms with van der Waals surface area (Å²) in [7, 11) is 0. The summed E-state index contributed by atoms with van der Waals surface area (Å²) in [6, 6.07) is 22.4. The summed E-state index contributed by atoms with van der Waals surface area (Å²) in [5, 5.41) is 33.0. The Morgan fingerprint density at radius 3 is 2.33 bits per heavy atom. The Balaban J connectivity index is 1.26. The Hall–Kier alpha value is -3.35. The number of nitrogens with one attached hydrogen (secondary N) is 2. The van der Waals surface area contributed by atoms with Crippen molar-refractivity contribution in [2.24, 2.45) is 0 Å². The second-order valence-electron chi connectivity index (χ2n) is 11.8. The van der Waals surface area contributed by atoms with Crippen LogP contribution in [0.3, 0.4) is 0 Å². The van der Waals surface area contributed by atoms with E-state index in [1.165, 1.54) is 0 Å². The molecule has 2 fully saturated rings. The molecule has 3 aromatic rings. The Kier molecular flexibility index (Phi) is 11.2. The van der Waals surface area contributed by atoms with Gasteiger partial charge in [-0.3, -0.25) is 14.8 Å². The van der Waals surface area contributed by atoms with Crippen molar-refractivity contribution < 1.29 is 34.5 Å². The van der Waals surface area contributed by atoms with Gasteiger partial charge >= 0.3 is 0 Å². The minimum atomic E-state index is -0.896. The first-order valence-electron chi connectivity index (χ1n) is 15.3. The van der Waals surface area contributed by atoms with Crippen LogP contribution in [0.15, 0.2) is 72.8 Å². The van der Waals surface area contributed by atoms with Crippen LogP contribution in [0.5, 0.6) is 0 Å². The topological polar surface area (TPSA) is 141 Å². The van der Waals surface area contributed by atoms with Crippen molar-refractivity contribution in [2.45, 2.75) is 69.2 Å². The van der Waals surface area contributed by atoms with Crippen molar-refractivity contribution in [3.8, 4) is 0 Å². The minimum absolute atomic E-state index is 0.0371. The quantitative estimate of drug-likeness (QED) is 0.147. The fraction of sp³-hybridized carbons (Fsp3) is 0.412. The van der Waals surface area contributed by atoms with Gasteiger partial charge in [-0.2, -0.15) is 0 Å². The number of aliphatic hydroxyl groups is 2. The summed E-state index contributed by atoms with van der Waals surface area (Å²) in [5.74, 6) is -0.778. The van der Waals surface area contributed by atoms with Gasteiger partial charge in [-0.15, -0.1) is 0 Å². The molecule has 5 N–H and O–H groups in total. The number of rotatable bonds is 11. The predicted molar refractivity (Wildman–Crippen MR) is 168 cm³/mol. The third kappa shape index (κ3) is 8.89. The van der Waals surface area contributed by atoms with Gasteiger partial charge in [-0.25, -0.2) is 5.48 Å². The van der Waals surface area contributed by atoms with Crippen LogP contribution in [-0.4, -0.2) is 57.9 Å². The molecule has 0 saturated carbocycles. The Morgan fingerprint density at radius 2 is 1.64 bits per heavy atom. The van der Waals surface area contributed by atoms with E-state index >= 15 is 0 Å². The molecule has 0 spiro atoms. The third-order valence-corrected chi connectivity index (χ3v) is 8.77. The molecule has 2 amide bonds. The number of amides is 2. The van der Waals surface area contributed by atoms with E-state index in [4.69, 9.17) is 26.3 Å². The maximum Gasteiger partial charge on any atom is 0.243 e. The van der Waals surface area contributed by atoms with Gasteiger partial charge in [-0.1, -0.05) is 60.1 Å². The van der Waals surface area contributed by atoms with Crippen LogP contribution in [0.25, 0.3) is 0 Å². The number of hydrogen-bond acceptors (Lipinski definition) is 8. The molecular formula is C34H40ClN3O7. The van der Waals surface area contributed by atoms with Crippen molar-refractivity contribution in [3.05, 3.63) is 100 Å². The number of piperidine rings is 1. The molecule has 0 aromatic heterocycles. The molecule has 0 bridgehead atoms. The zero-order valence-corrected chi connectivity index (χ0v) is 25.8. The molecular weight excluding hydrogens is 598 g/mol. The summed E-state index contributed by atoms with van der Waals surface area (Å²) in [5.41, 5.74) is 4.69. The van der Waals surface area contributed by atoms with E-state index in [-0.39, 0.29) is 37.6 Å². The van der Waals surface area contributed by atoms with Gasteiger partial charge < -0.3 is 29.9 Å². The first kappa shape index (κ1) is 33.0. The molecule has 2 saturated heterocycles. The molecule has 3 atom stereocenters. The van der Waals surface area contributed by atoms with Crippen LogP contribution in [-0.2, 0) is 31.3 Å². The van der Waals surface area contributed by atoms with Crippen molar-refractivity contribution in [1.82, 2.24) is 10.4 Å². The fourth-order valence-corrected chi connectivity index (χ4v) is 6.05. The molecule has 11 heteroatoms. The molecule has 3 unspecified atom stereocenters. The van der Waals surface area contributed by atoms with Gasteiger partial charge in [-0.05, 0) is 60.2 Å². The molecule has 0 radical (unpaired) electrons. The van der Waals surface area contributed by atoms with Crippen LogP contribution >= 0.6 is 11.6 Å². The highest BCUT2D eigenvalue weighted by molar-refractivity contribution is 6.30. The molecule has 10 nitrogen and oxygen atoms in total. The highest BCUT2D eigenvalue weighted by Crippen LogP contribution is 2.40. The average Bonchev–Trinajstić information content (AvgIpc) is 3.06. The van der Waals surface area contributed by atoms with E-state index in [9.17, 15) is 19.8 Å². The number of benzene rings is 3. The van der Waals surface area contributed by atoms with Crippen LogP contribution in [0.1, 0.15) is 73.2 Å². The molecule has 2 heterocycles. The minimum Gasteiger partial charge on any atom is -0.392 e. The van der Waals surface area contributed by atoms with Crippen LogP contribution in [0.2, 0.25) is 5.02 Å². The number of hydrogen-bond donors (Lipinski definition) is 5. The molecule has 5 rings (SSSR count). The average molecular weight is 638 g/mol. The highest BCUT2D eigenvalue weighted by atomic mass is 35.5. The van der Waals surface area contributed by atoms with E-state index in [0.717, 1.165) is 22.3 Å². The largest absolute Gasteiger partial charge is 0.392 e. The SMILES string of the molecule is O=C(CCCC(=O)Nc1cccc(C2OC(CN3CCC(O)(c4ccc(Cl)cc4)CC3)CC(c3ccc(CO)cc3)O2)c1)NO. The zero-order chi connectivity index (χ0) is 31.8. The summed E-state index contributed by atoms with van der Waals surface area (Å²) < 4.78 is 13.0. The van der Waals surface area contributed by atoms with Crippen molar-refractivity contribution in [1.29, 1.82) is 0 Å². The number of nitrogens with zero attached hydrogens (tertiary/aromatic N) is 1. The summed E-state index contributed by atoms with van der Waals surface area (Å²) in [6.07, 6.45) is 1.20. The lowest BCUT2D eigenvalue weighted by Crippen LogP contribution is -2.46. The van der Waals surface area contributed by atoms with Crippen LogP contribution in [0, 0.1) is 0 Å². The van der Waals surface area contributed by atoms with E-state index in [2.05, 4.69) is 10.2 Å². The number of halogens is 1. The number of carbonyl (C=O) groups excluding carboxylic acids is 2. The second kappa shape index (κ2) is 15.3. The maximum absolute atomic E-state index is 12.5. The number of likely N-dealkylation sites (tertiary alicyclic amines) is 1. The van der Waals surface area contributed by atoms with Gasteiger partial charge in [0.05, 0.1) is 24.4 Å². The molecule has 2 aliphatic rings. The Bertz CT molecular complexity index is 1430. The van der Waals surface area contributed by atoms with Gasteiger partial charge in [0.15, 0.2) is 6.29 Å². The lowest BCUT2D eigenvalue weighted by atomic mass is 9.84. The summed E-state index contributed by atoms with van der Waals surface area (Å²) in [4.78, 5) is 26.0. The van der Waals surface area contributed by atoms with Crippen molar-refractivity contribution in [2.75, 3.05) is 25.0 Å². The normalized spacial score (nSPS) is 21.6. The Labute approximate surface area is 267 Å². The Morgan fingerprint density at radius 1 is 0.933 bits per heavy atom. The first-order valence-corrected chi connectivity index (χ1v) is 15.7. The standard InChI is InChI=1S/C34H40ClN3O7/c35-27-13-11-26(12-14-27)34(42)15-17-38(18-16-34)21-29-20-30(24-9-7-23(22-39)8-10-24)45-33(44-29)25-3-1-4-28(19-25)36-31(40)5-2-6-32(41)37-43/h1,3-4,7-14,19,29-30,33,39,42-43H,2,5-6,15-18,20-22H2,(H,36,40)(H,37,41). The highest BCUT2D eigenvalue weighted by Gasteiger charge is 2.37. The molecule has 45 heavy (non-hydrogen) atoms. The number of anilines is 1. The van der Waals surface area contributed by atoms with Gasteiger partial charge in [0.25, 0.3) is 0 Å². The first-order chi connectivity index (χ1) is 21.7. The predicted octanol–water partition coefficient (Wildman–Crippen LogP) is 4.98. The van der Waals surface area contributed by atoms with E-state index in [1.54, 1.807) is 11.5 Å². The number of hydroxylamine groups is 1. The smallest absolute Gasteiger partial charge is 0.243 e. The molecule has 240 valence electrons. The van der Waals surface area contributed by atoms with Crippen molar-refractivity contribution in [3.63, 3.8) is 0 Å². The molecule has 0 aliphatic carbocycles.